The maximum Gasteiger partial charge on any atom is 0.257 e. The fraction of sp³-hybridized carbons (Fsp3) is 0.200. The standard InChI is InChI=1S/C15H12F2N3/c1-18-15-11(16)6-9-8-20-5-4-10(19(2)3)7-12(20)13(9)14(15)17/h4-7H,8H2,2-3H3/q+1. The van der Waals surface area contributed by atoms with Crippen LogP contribution in [0.15, 0.2) is 24.4 Å². The Bertz CT molecular complexity index is 761. The molecule has 0 atom stereocenters. The Hall–Kier alpha value is -2.48. The third-order valence-corrected chi connectivity index (χ3v) is 3.52. The van der Waals surface area contributed by atoms with E-state index in [9.17, 15) is 8.78 Å². The fourth-order valence-corrected chi connectivity index (χ4v) is 2.49. The monoisotopic (exact) mass is 272 g/mol. The third-order valence-electron chi connectivity index (χ3n) is 3.52. The molecule has 0 unspecified atom stereocenters. The van der Waals surface area contributed by atoms with E-state index in [1.165, 1.54) is 6.07 Å². The molecular weight excluding hydrogens is 260 g/mol. The third kappa shape index (κ3) is 1.65. The Morgan fingerprint density at radius 2 is 2.05 bits per heavy atom. The smallest absolute Gasteiger partial charge is 0.257 e. The molecule has 1 aromatic carbocycles. The number of benzene rings is 1. The van der Waals surface area contributed by atoms with Crippen molar-refractivity contribution in [3.63, 3.8) is 0 Å². The normalized spacial score (nSPS) is 11.8. The van der Waals surface area contributed by atoms with E-state index in [2.05, 4.69) is 4.85 Å². The van der Waals surface area contributed by atoms with Crippen molar-refractivity contribution in [1.29, 1.82) is 0 Å². The quantitative estimate of drug-likeness (QED) is 0.490. The van der Waals surface area contributed by atoms with Crippen LogP contribution in [0.1, 0.15) is 5.56 Å². The van der Waals surface area contributed by atoms with Crippen LogP contribution in [0.5, 0.6) is 0 Å². The zero-order valence-corrected chi connectivity index (χ0v) is 11.1. The summed E-state index contributed by atoms with van der Waals surface area (Å²) in [5, 5.41) is 0. The number of anilines is 1. The van der Waals surface area contributed by atoms with Gasteiger partial charge in [0, 0.05) is 37.5 Å². The summed E-state index contributed by atoms with van der Waals surface area (Å²) in [6, 6.07) is 5.02. The summed E-state index contributed by atoms with van der Waals surface area (Å²) in [6.45, 7) is 7.33. The number of nitrogens with zero attached hydrogens (tertiary/aromatic N) is 3. The van der Waals surface area contributed by atoms with Gasteiger partial charge in [0.15, 0.2) is 12.7 Å². The van der Waals surface area contributed by atoms with E-state index in [0.29, 0.717) is 23.4 Å². The first-order valence-electron chi connectivity index (χ1n) is 6.12. The molecule has 0 amide bonds. The van der Waals surface area contributed by atoms with Gasteiger partial charge >= 0.3 is 0 Å². The van der Waals surface area contributed by atoms with Gasteiger partial charge < -0.3 is 4.90 Å². The van der Waals surface area contributed by atoms with Gasteiger partial charge in [0.05, 0.1) is 12.1 Å². The number of aromatic nitrogens is 1. The average molecular weight is 272 g/mol. The highest BCUT2D eigenvalue weighted by molar-refractivity contribution is 5.72. The number of hydrogen-bond donors (Lipinski definition) is 0. The lowest BCUT2D eigenvalue weighted by molar-refractivity contribution is -0.672. The van der Waals surface area contributed by atoms with E-state index in [-0.39, 0.29) is 0 Å². The van der Waals surface area contributed by atoms with E-state index in [0.717, 1.165) is 5.69 Å². The lowest BCUT2D eigenvalue weighted by atomic mass is 10.0. The molecule has 0 N–H and O–H groups in total. The lowest BCUT2D eigenvalue weighted by Crippen LogP contribution is -2.32. The van der Waals surface area contributed by atoms with Gasteiger partial charge in [-0.05, 0) is 6.07 Å². The van der Waals surface area contributed by atoms with E-state index in [4.69, 9.17) is 6.57 Å². The molecule has 0 saturated heterocycles. The molecule has 100 valence electrons. The summed E-state index contributed by atoms with van der Waals surface area (Å²) in [5.41, 5.74) is 1.97. The van der Waals surface area contributed by atoms with Crippen molar-refractivity contribution >= 4 is 11.4 Å². The van der Waals surface area contributed by atoms with Gasteiger partial charge in [-0.25, -0.2) is 13.6 Å². The highest BCUT2D eigenvalue weighted by Gasteiger charge is 2.32. The van der Waals surface area contributed by atoms with Gasteiger partial charge in [-0.2, -0.15) is 4.57 Å². The van der Waals surface area contributed by atoms with Crippen molar-refractivity contribution in [3.8, 4) is 11.3 Å². The molecule has 1 aliphatic heterocycles. The molecule has 0 fully saturated rings. The first-order valence-corrected chi connectivity index (χ1v) is 6.12. The summed E-state index contributed by atoms with van der Waals surface area (Å²) < 4.78 is 29.9. The fourth-order valence-electron chi connectivity index (χ4n) is 2.49. The molecule has 3 rings (SSSR count). The van der Waals surface area contributed by atoms with E-state index >= 15 is 0 Å². The lowest BCUT2D eigenvalue weighted by Gasteiger charge is -2.11. The van der Waals surface area contributed by atoms with Crippen LogP contribution < -0.4 is 9.47 Å². The second kappa shape index (κ2) is 4.27. The SMILES string of the molecule is [C-]#[N+]c1c(F)cc2c(c1F)-c1cc(N(C)C)cc[n+]1C2. The molecule has 20 heavy (non-hydrogen) atoms. The molecule has 0 radical (unpaired) electrons. The largest absolute Gasteiger partial charge is 0.377 e. The highest BCUT2D eigenvalue weighted by Crippen LogP contribution is 2.37. The minimum Gasteiger partial charge on any atom is -0.377 e. The molecule has 0 spiro atoms. The summed E-state index contributed by atoms with van der Waals surface area (Å²) in [7, 11) is 3.79. The summed E-state index contributed by atoms with van der Waals surface area (Å²) in [5.74, 6) is -1.56. The summed E-state index contributed by atoms with van der Waals surface area (Å²) in [6.07, 6.45) is 1.85. The van der Waals surface area contributed by atoms with Crippen LogP contribution in [-0.2, 0) is 6.54 Å². The van der Waals surface area contributed by atoms with E-state index < -0.39 is 17.3 Å². The van der Waals surface area contributed by atoms with Gasteiger partial charge in [-0.15, -0.1) is 0 Å². The molecule has 0 saturated carbocycles. The maximum absolute atomic E-state index is 14.4. The molecule has 0 bridgehead atoms. The predicted octanol–water partition coefficient (Wildman–Crippen LogP) is 2.90. The van der Waals surface area contributed by atoms with Crippen LogP contribution in [0.4, 0.5) is 20.2 Å². The Morgan fingerprint density at radius 3 is 2.70 bits per heavy atom. The molecule has 5 heteroatoms. The van der Waals surface area contributed by atoms with Crippen LogP contribution in [-0.4, -0.2) is 14.1 Å². The van der Waals surface area contributed by atoms with Gasteiger partial charge in [0.2, 0.25) is 5.69 Å². The van der Waals surface area contributed by atoms with Gasteiger partial charge in [0.1, 0.15) is 11.6 Å². The number of fused-ring (bicyclic) bond motifs is 3. The zero-order valence-electron chi connectivity index (χ0n) is 11.1. The second-order valence-electron chi connectivity index (χ2n) is 4.96. The van der Waals surface area contributed by atoms with Crippen LogP contribution in [0.2, 0.25) is 0 Å². The number of halogens is 2. The van der Waals surface area contributed by atoms with Gasteiger partial charge in [-0.1, -0.05) is 0 Å². The maximum atomic E-state index is 14.4. The molecule has 2 heterocycles. The summed E-state index contributed by atoms with van der Waals surface area (Å²) >= 11 is 0. The van der Waals surface area contributed by atoms with Gasteiger partial charge in [-0.3, -0.25) is 0 Å². The minimum atomic E-state index is -0.794. The second-order valence-corrected chi connectivity index (χ2v) is 4.96. The first kappa shape index (κ1) is 12.5. The Balaban J connectivity index is 2.28. The number of pyridine rings is 1. The van der Waals surface area contributed by atoms with Crippen molar-refractivity contribution < 1.29 is 13.3 Å². The average Bonchev–Trinajstić information content (AvgIpc) is 2.75. The number of rotatable bonds is 1. The summed E-state index contributed by atoms with van der Waals surface area (Å²) in [4.78, 5) is 4.87. The van der Waals surface area contributed by atoms with Crippen molar-refractivity contribution in [1.82, 2.24) is 0 Å². The van der Waals surface area contributed by atoms with Gasteiger partial charge in [0.25, 0.3) is 5.69 Å². The predicted molar refractivity (Wildman–Crippen MR) is 71.7 cm³/mol. The topological polar surface area (TPSA) is 11.5 Å². The Morgan fingerprint density at radius 1 is 1.30 bits per heavy atom. The van der Waals surface area contributed by atoms with Crippen LogP contribution >= 0.6 is 0 Å². The van der Waals surface area contributed by atoms with Crippen molar-refractivity contribution in [2.24, 2.45) is 0 Å². The zero-order chi connectivity index (χ0) is 14.4. The molecular formula is C15H12F2N3+. The number of hydrogen-bond acceptors (Lipinski definition) is 1. The molecule has 0 aliphatic carbocycles. The van der Waals surface area contributed by atoms with Crippen molar-refractivity contribution in [3.05, 3.63) is 53.0 Å². The molecule has 2 aromatic rings. The highest BCUT2D eigenvalue weighted by atomic mass is 19.1. The van der Waals surface area contributed by atoms with E-state index in [1.54, 1.807) is 0 Å². The van der Waals surface area contributed by atoms with Crippen molar-refractivity contribution in [2.45, 2.75) is 6.54 Å². The molecule has 1 aromatic heterocycles. The molecule has 3 nitrogen and oxygen atoms in total. The minimum absolute atomic E-state index is 0.334. The van der Waals surface area contributed by atoms with E-state index in [1.807, 2.05) is 41.9 Å². The van der Waals surface area contributed by atoms with Crippen LogP contribution in [0.25, 0.3) is 16.1 Å². The van der Waals surface area contributed by atoms with Crippen LogP contribution in [0.3, 0.4) is 0 Å². The Labute approximate surface area is 115 Å². The first-order chi connectivity index (χ1) is 9.52. The Kier molecular flexibility index (Phi) is 2.68. The van der Waals surface area contributed by atoms with Crippen LogP contribution in [0, 0.1) is 18.2 Å². The van der Waals surface area contributed by atoms with Crippen molar-refractivity contribution in [2.75, 3.05) is 19.0 Å². The molecule has 1 aliphatic rings.